The van der Waals surface area contributed by atoms with Gasteiger partial charge < -0.3 is 9.84 Å². The highest BCUT2D eigenvalue weighted by Gasteiger charge is 1.97. The number of esters is 1. The van der Waals surface area contributed by atoms with E-state index >= 15 is 0 Å². The summed E-state index contributed by atoms with van der Waals surface area (Å²) in [6, 6.07) is 0. The van der Waals surface area contributed by atoms with Crippen LogP contribution in [0.3, 0.4) is 0 Å². The van der Waals surface area contributed by atoms with Gasteiger partial charge in [0.25, 0.3) is 0 Å². The molecule has 0 aromatic heterocycles. The third-order valence-corrected chi connectivity index (χ3v) is 3.50. The molecule has 0 aliphatic carbocycles. The first kappa shape index (κ1) is 24.9. The second kappa shape index (κ2) is 20.2. The molecule has 0 aromatic rings. The number of carbonyl (C=O) groups excluding carboxylic acids is 1. The monoisotopic (exact) mass is 372 g/mol. The van der Waals surface area contributed by atoms with Crippen LogP contribution in [0.2, 0.25) is 0 Å². The van der Waals surface area contributed by atoms with Crippen molar-refractivity contribution in [3.8, 4) is 0 Å². The van der Waals surface area contributed by atoms with Gasteiger partial charge in [-0.2, -0.15) is 0 Å². The van der Waals surface area contributed by atoms with Crippen molar-refractivity contribution in [2.75, 3.05) is 6.61 Å². The minimum Gasteiger partial charge on any atom is -0.466 e. The Morgan fingerprint density at radius 2 is 1.48 bits per heavy atom. The Morgan fingerprint density at radius 3 is 2.19 bits per heavy atom. The maximum absolute atomic E-state index is 11.1. The molecular weight excluding hydrogens is 336 g/mol. The molecule has 0 bridgehead atoms. The molecule has 27 heavy (non-hydrogen) atoms. The number of rotatable bonds is 15. The number of hydrogen-bond acceptors (Lipinski definition) is 3. The van der Waals surface area contributed by atoms with Crippen LogP contribution in [-0.4, -0.2) is 23.8 Å². The lowest BCUT2D eigenvalue weighted by Crippen LogP contribution is -2.02. The fraction of sp³-hybridized carbons (Fsp3) is 0.458. The molecule has 0 aliphatic heterocycles. The molecule has 1 atom stereocenters. The molecule has 0 radical (unpaired) electrons. The SMILES string of the molecule is CC/C=C\C/C=C\CC(O)/C=C/C=C\C/C=C\C/C=C\CCC(=O)OCC. The van der Waals surface area contributed by atoms with E-state index in [0.29, 0.717) is 19.4 Å². The minimum atomic E-state index is -0.434. The highest BCUT2D eigenvalue weighted by atomic mass is 16.5. The Hall–Kier alpha value is -2.13. The van der Waals surface area contributed by atoms with Gasteiger partial charge in [-0.25, -0.2) is 0 Å². The Morgan fingerprint density at radius 1 is 0.852 bits per heavy atom. The highest BCUT2D eigenvalue weighted by Crippen LogP contribution is 1.99. The van der Waals surface area contributed by atoms with E-state index in [4.69, 9.17) is 4.74 Å². The van der Waals surface area contributed by atoms with Crippen LogP contribution in [-0.2, 0) is 9.53 Å². The second-order valence-electron chi connectivity index (χ2n) is 5.96. The van der Waals surface area contributed by atoms with E-state index in [2.05, 4.69) is 49.5 Å². The molecular formula is C24H36O3. The van der Waals surface area contributed by atoms with Crippen molar-refractivity contribution in [3.63, 3.8) is 0 Å². The lowest BCUT2D eigenvalue weighted by molar-refractivity contribution is -0.143. The van der Waals surface area contributed by atoms with E-state index in [1.807, 2.05) is 31.2 Å². The Bertz CT molecular complexity index is 522. The van der Waals surface area contributed by atoms with Crippen LogP contribution in [0.1, 0.15) is 58.8 Å². The molecule has 0 aliphatic rings. The number of allylic oxidation sites excluding steroid dienone is 10. The second-order valence-corrected chi connectivity index (χ2v) is 5.96. The summed E-state index contributed by atoms with van der Waals surface area (Å²) in [5.41, 5.74) is 0. The van der Waals surface area contributed by atoms with E-state index in [9.17, 15) is 9.90 Å². The van der Waals surface area contributed by atoms with Crippen molar-refractivity contribution in [1.29, 1.82) is 0 Å². The summed E-state index contributed by atoms with van der Waals surface area (Å²) < 4.78 is 4.86. The lowest BCUT2D eigenvalue weighted by atomic mass is 10.2. The third kappa shape index (κ3) is 20.0. The number of aliphatic hydroxyl groups excluding tert-OH is 1. The molecule has 0 saturated heterocycles. The van der Waals surface area contributed by atoms with E-state index in [1.54, 1.807) is 6.08 Å². The maximum atomic E-state index is 11.1. The molecule has 3 nitrogen and oxygen atoms in total. The van der Waals surface area contributed by atoms with Gasteiger partial charge in [0.05, 0.1) is 12.7 Å². The number of carbonyl (C=O) groups is 1. The lowest BCUT2D eigenvalue weighted by Gasteiger charge is -1.98. The van der Waals surface area contributed by atoms with Gasteiger partial charge in [-0.1, -0.05) is 79.8 Å². The van der Waals surface area contributed by atoms with Crippen molar-refractivity contribution in [3.05, 3.63) is 72.9 Å². The van der Waals surface area contributed by atoms with E-state index in [1.165, 1.54) is 0 Å². The Kier molecular flexibility index (Phi) is 18.6. The van der Waals surface area contributed by atoms with Crippen LogP contribution in [0.4, 0.5) is 0 Å². The summed E-state index contributed by atoms with van der Waals surface area (Å²) in [5, 5.41) is 9.82. The van der Waals surface area contributed by atoms with Gasteiger partial charge in [0.1, 0.15) is 0 Å². The first-order chi connectivity index (χ1) is 13.2. The van der Waals surface area contributed by atoms with Crippen LogP contribution < -0.4 is 0 Å². The van der Waals surface area contributed by atoms with Crippen LogP contribution in [0, 0.1) is 0 Å². The largest absolute Gasteiger partial charge is 0.466 e. The highest BCUT2D eigenvalue weighted by molar-refractivity contribution is 5.69. The number of aliphatic hydroxyl groups is 1. The van der Waals surface area contributed by atoms with E-state index in [0.717, 1.165) is 32.1 Å². The molecule has 0 heterocycles. The van der Waals surface area contributed by atoms with Crippen molar-refractivity contribution in [2.45, 2.75) is 64.9 Å². The van der Waals surface area contributed by atoms with Crippen LogP contribution in [0.25, 0.3) is 0 Å². The van der Waals surface area contributed by atoms with Gasteiger partial charge in [-0.15, -0.1) is 0 Å². The topological polar surface area (TPSA) is 46.5 Å². The number of ether oxygens (including phenoxy) is 1. The fourth-order valence-electron chi connectivity index (χ4n) is 2.10. The summed E-state index contributed by atoms with van der Waals surface area (Å²) in [6.07, 6.45) is 29.4. The minimum absolute atomic E-state index is 0.138. The number of hydrogen-bond donors (Lipinski definition) is 1. The molecule has 0 saturated carbocycles. The normalized spacial score (nSPS) is 14.0. The summed E-state index contributed by atoms with van der Waals surface area (Å²) in [4.78, 5) is 11.1. The molecule has 1 unspecified atom stereocenters. The molecule has 0 spiro atoms. The molecule has 0 aromatic carbocycles. The summed E-state index contributed by atoms with van der Waals surface area (Å²) in [5.74, 6) is -0.138. The first-order valence-corrected chi connectivity index (χ1v) is 9.97. The van der Waals surface area contributed by atoms with E-state index < -0.39 is 6.10 Å². The van der Waals surface area contributed by atoms with Gasteiger partial charge in [0.2, 0.25) is 0 Å². The van der Waals surface area contributed by atoms with Gasteiger partial charge in [-0.3, -0.25) is 4.79 Å². The van der Waals surface area contributed by atoms with Gasteiger partial charge in [0, 0.05) is 6.42 Å². The molecule has 0 fully saturated rings. The fourth-order valence-corrected chi connectivity index (χ4v) is 2.10. The smallest absolute Gasteiger partial charge is 0.306 e. The maximum Gasteiger partial charge on any atom is 0.306 e. The molecule has 1 N–H and O–H groups in total. The Labute approximate surface area is 165 Å². The van der Waals surface area contributed by atoms with Crippen molar-refractivity contribution in [1.82, 2.24) is 0 Å². The van der Waals surface area contributed by atoms with Gasteiger partial charge >= 0.3 is 5.97 Å². The molecule has 150 valence electrons. The average molecular weight is 373 g/mol. The van der Waals surface area contributed by atoms with Crippen LogP contribution in [0.5, 0.6) is 0 Å². The average Bonchev–Trinajstić information content (AvgIpc) is 2.65. The van der Waals surface area contributed by atoms with Gasteiger partial charge in [0.15, 0.2) is 0 Å². The van der Waals surface area contributed by atoms with Crippen molar-refractivity contribution < 1.29 is 14.6 Å². The predicted molar refractivity (Wildman–Crippen MR) is 115 cm³/mol. The standard InChI is InChI=1S/C24H36O3/c1-3-5-6-7-14-17-20-23(25)21-18-15-12-10-8-9-11-13-16-19-22-24(26)27-4-2/h5-6,8-9,12-18,21,23,25H,3-4,7,10-11,19-20,22H2,1-2H3/b6-5-,9-8-,15-12-,16-13-,17-14-,21-18+. The van der Waals surface area contributed by atoms with E-state index in [-0.39, 0.29) is 5.97 Å². The summed E-state index contributed by atoms with van der Waals surface area (Å²) >= 11 is 0. The van der Waals surface area contributed by atoms with Crippen LogP contribution in [0.15, 0.2) is 72.9 Å². The predicted octanol–water partition coefficient (Wildman–Crippen LogP) is 6.00. The summed E-state index contributed by atoms with van der Waals surface area (Å²) in [6.45, 7) is 4.38. The molecule has 0 rings (SSSR count). The van der Waals surface area contributed by atoms with Gasteiger partial charge in [-0.05, 0) is 45.4 Å². The first-order valence-electron chi connectivity index (χ1n) is 9.97. The molecule has 0 amide bonds. The van der Waals surface area contributed by atoms with Crippen molar-refractivity contribution in [2.24, 2.45) is 0 Å². The zero-order valence-electron chi connectivity index (χ0n) is 16.9. The third-order valence-electron chi connectivity index (χ3n) is 3.50. The Balaban J connectivity index is 3.71. The zero-order valence-corrected chi connectivity index (χ0v) is 16.9. The summed E-state index contributed by atoms with van der Waals surface area (Å²) in [7, 11) is 0. The molecule has 3 heteroatoms. The van der Waals surface area contributed by atoms with Crippen LogP contribution >= 0.6 is 0 Å². The zero-order chi connectivity index (χ0) is 20.0. The quantitative estimate of drug-likeness (QED) is 0.218. The van der Waals surface area contributed by atoms with Crippen molar-refractivity contribution >= 4 is 5.97 Å².